The number of aromatic nitrogens is 1. The minimum atomic E-state index is -0.799. The number of hydrogen-bond donors (Lipinski definition) is 2. The number of aliphatic carboxylic acids is 1. The van der Waals surface area contributed by atoms with Crippen molar-refractivity contribution in [2.24, 2.45) is 13.0 Å². The molecule has 0 radical (unpaired) electrons. The number of rotatable bonds is 4. The molecular formula is C15H20N2O4. The van der Waals surface area contributed by atoms with E-state index in [1.54, 1.807) is 23.9 Å². The number of carboxylic acids is 1. The second-order valence-corrected chi connectivity index (χ2v) is 5.65. The van der Waals surface area contributed by atoms with Crippen LogP contribution in [0.1, 0.15) is 53.5 Å². The van der Waals surface area contributed by atoms with Crippen molar-refractivity contribution in [1.82, 2.24) is 9.88 Å². The van der Waals surface area contributed by atoms with Gasteiger partial charge in [-0.25, -0.2) is 0 Å². The average molecular weight is 292 g/mol. The largest absolute Gasteiger partial charge is 0.481 e. The maximum absolute atomic E-state index is 12.3. The standard InChI is InChI=1S/C15H20N2O4/c1-9(18)11-7-13(17(2)8-11)14(19)16-12-5-3-4-10(6-12)15(20)21/h7-8,10,12H,3-6H2,1-2H3,(H,16,19)(H,20,21). The molecule has 1 aliphatic rings. The van der Waals surface area contributed by atoms with Crippen molar-refractivity contribution in [3.05, 3.63) is 23.5 Å². The Morgan fingerprint density at radius 3 is 2.62 bits per heavy atom. The highest BCUT2D eigenvalue weighted by Crippen LogP contribution is 2.24. The summed E-state index contributed by atoms with van der Waals surface area (Å²) in [4.78, 5) is 34.6. The first kappa shape index (κ1) is 15.3. The molecule has 6 nitrogen and oxygen atoms in total. The molecule has 1 heterocycles. The lowest BCUT2D eigenvalue weighted by Crippen LogP contribution is -2.40. The van der Waals surface area contributed by atoms with Crippen LogP contribution in [0.2, 0.25) is 0 Å². The van der Waals surface area contributed by atoms with Crippen LogP contribution in [0.25, 0.3) is 0 Å². The Morgan fingerprint density at radius 2 is 2.05 bits per heavy atom. The number of amides is 1. The molecule has 0 aliphatic heterocycles. The van der Waals surface area contributed by atoms with Gasteiger partial charge in [0.05, 0.1) is 5.92 Å². The highest BCUT2D eigenvalue weighted by atomic mass is 16.4. The summed E-state index contributed by atoms with van der Waals surface area (Å²) in [5.41, 5.74) is 0.910. The molecule has 114 valence electrons. The minimum absolute atomic E-state index is 0.0896. The number of carbonyl (C=O) groups is 3. The van der Waals surface area contributed by atoms with E-state index < -0.39 is 5.97 Å². The van der Waals surface area contributed by atoms with Gasteiger partial charge in [0.25, 0.3) is 5.91 Å². The molecule has 0 saturated heterocycles. The molecule has 2 N–H and O–H groups in total. The molecule has 1 fully saturated rings. The van der Waals surface area contributed by atoms with Crippen LogP contribution >= 0.6 is 0 Å². The number of Topliss-reactive ketones (excluding diaryl/α,β-unsaturated/α-hetero) is 1. The Balaban J connectivity index is 2.04. The second-order valence-electron chi connectivity index (χ2n) is 5.65. The number of carboxylic acid groups (broad SMARTS) is 1. The third kappa shape index (κ3) is 3.51. The van der Waals surface area contributed by atoms with Crippen molar-refractivity contribution in [2.45, 2.75) is 38.6 Å². The third-order valence-corrected chi connectivity index (χ3v) is 4.00. The van der Waals surface area contributed by atoms with Gasteiger partial charge in [0.2, 0.25) is 0 Å². The molecule has 21 heavy (non-hydrogen) atoms. The summed E-state index contributed by atoms with van der Waals surface area (Å²) in [7, 11) is 1.71. The first-order valence-electron chi connectivity index (χ1n) is 7.09. The monoisotopic (exact) mass is 292 g/mol. The summed E-state index contributed by atoms with van der Waals surface area (Å²) in [6.45, 7) is 1.45. The van der Waals surface area contributed by atoms with Crippen molar-refractivity contribution in [3.8, 4) is 0 Å². The molecule has 1 aromatic rings. The topological polar surface area (TPSA) is 88.4 Å². The number of aryl methyl sites for hydroxylation is 1. The SMILES string of the molecule is CC(=O)c1cc(C(=O)NC2CCCC(C(=O)O)C2)n(C)c1. The summed E-state index contributed by atoms with van der Waals surface area (Å²) in [6.07, 6.45) is 4.34. The summed E-state index contributed by atoms with van der Waals surface area (Å²) in [5.74, 6) is -1.54. The van der Waals surface area contributed by atoms with Gasteiger partial charge in [0.1, 0.15) is 5.69 Å². The molecule has 2 unspecified atom stereocenters. The van der Waals surface area contributed by atoms with E-state index in [4.69, 9.17) is 5.11 Å². The predicted octanol–water partition coefficient (Wildman–Crippen LogP) is 1.60. The van der Waals surface area contributed by atoms with Gasteiger partial charge >= 0.3 is 5.97 Å². The fourth-order valence-electron chi connectivity index (χ4n) is 2.79. The highest BCUT2D eigenvalue weighted by Gasteiger charge is 2.28. The molecular weight excluding hydrogens is 272 g/mol. The van der Waals surface area contributed by atoms with Gasteiger partial charge in [-0.15, -0.1) is 0 Å². The first-order valence-corrected chi connectivity index (χ1v) is 7.09. The number of ketones is 1. The Kier molecular flexibility index (Phi) is 4.45. The Morgan fingerprint density at radius 1 is 1.33 bits per heavy atom. The van der Waals surface area contributed by atoms with E-state index in [2.05, 4.69) is 5.32 Å². The molecule has 1 aliphatic carbocycles. The van der Waals surface area contributed by atoms with Crippen molar-refractivity contribution >= 4 is 17.7 Å². The molecule has 0 bridgehead atoms. The average Bonchev–Trinajstić information content (AvgIpc) is 2.81. The highest BCUT2D eigenvalue weighted by molar-refractivity contribution is 5.99. The fourth-order valence-corrected chi connectivity index (χ4v) is 2.79. The molecule has 2 rings (SSSR count). The lowest BCUT2D eigenvalue weighted by molar-refractivity contribution is -0.143. The maximum Gasteiger partial charge on any atom is 0.306 e. The number of hydrogen-bond acceptors (Lipinski definition) is 3. The van der Waals surface area contributed by atoms with E-state index in [0.29, 0.717) is 24.1 Å². The van der Waals surface area contributed by atoms with Crippen LogP contribution in [0.5, 0.6) is 0 Å². The Bertz CT molecular complexity index is 576. The van der Waals surface area contributed by atoms with Crippen LogP contribution in [-0.2, 0) is 11.8 Å². The van der Waals surface area contributed by atoms with Crippen molar-refractivity contribution < 1.29 is 19.5 Å². The molecule has 1 saturated carbocycles. The van der Waals surface area contributed by atoms with Crippen LogP contribution in [-0.4, -0.2) is 33.4 Å². The summed E-state index contributed by atoms with van der Waals surface area (Å²) in [6, 6.07) is 1.44. The quantitative estimate of drug-likeness (QED) is 0.825. The van der Waals surface area contributed by atoms with Crippen molar-refractivity contribution in [1.29, 1.82) is 0 Å². The lowest BCUT2D eigenvalue weighted by Gasteiger charge is -2.27. The Labute approximate surface area is 123 Å². The summed E-state index contributed by atoms with van der Waals surface area (Å²) >= 11 is 0. The summed E-state index contributed by atoms with van der Waals surface area (Å²) in [5, 5.41) is 11.9. The van der Waals surface area contributed by atoms with E-state index in [9.17, 15) is 14.4 Å². The van der Waals surface area contributed by atoms with Crippen LogP contribution in [0, 0.1) is 5.92 Å². The van der Waals surface area contributed by atoms with E-state index in [0.717, 1.165) is 12.8 Å². The molecule has 6 heteroatoms. The van der Waals surface area contributed by atoms with E-state index in [1.165, 1.54) is 6.92 Å². The number of carbonyl (C=O) groups excluding carboxylic acids is 2. The molecule has 1 aromatic heterocycles. The third-order valence-electron chi connectivity index (χ3n) is 4.00. The van der Waals surface area contributed by atoms with Gasteiger partial charge in [0.15, 0.2) is 5.78 Å². The van der Waals surface area contributed by atoms with Crippen molar-refractivity contribution in [2.75, 3.05) is 0 Å². The maximum atomic E-state index is 12.3. The Hall–Kier alpha value is -2.11. The molecule has 2 atom stereocenters. The van der Waals surface area contributed by atoms with Crippen LogP contribution < -0.4 is 5.32 Å². The van der Waals surface area contributed by atoms with Crippen molar-refractivity contribution in [3.63, 3.8) is 0 Å². The minimum Gasteiger partial charge on any atom is -0.481 e. The second kappa shape index (κ2) is 6.11. The van der Waals surface area contributed by atoms with Gasteiger partial charge in [0, 0.05) is 24.8 Å². The molecule has 1 amide bonds. The zero-order valence-corrected chi connectivity index (χ0v) is 12.3. The van der Waals surface area contributed by atoms with Gasteiger partial charge < -0.3 is 15.0 Å². The lowest BCUT2D eigenvalue weighted by atomic mass is 9.86. The summed E-state index contributed by atoms with van der Waals surface area (Å²) < 4.78 is 1.61. The normalized spacial score (nSPS) is 21.8. The number of nitrogens with one attached hydrogen (secondary N) is 1. The van der Waals surface area contributed by atoms with Crippen LogP contribution in [0.15, 0.2) is 12.3 Å². The van der Waals surface area contributed by atoms with Crippen LogP contribution in [0.3, 0.4) is 0 Å². The van der Waals surface area contributed by atoms with Gasteiger partial charge in [-0.05, 0) is 32.3 Å². The van der Waals surface area contributed by atoms with E-state index in [1.807, 2.05) is 0 Å². The number of nitrogens with zero attached hydrogens (tertiary/aromatic N) is 1. The van der Waals surface area contributed by atoms with E-state index >= 15 is 0 Å². The molecule has 0 aromatic carbocycles. The fraction of sp³-hybridized carbons (Fsp3) is 0.533. The zero-order chi connectivity index (χ0) is 15.6. The van der Waals surface area contributed by atoms with Gasteiger partial charge in [-0.2, -0.15) is 0 Å². The predicted molar refractivity (Wildman–Crippen MR) is 76.3 cm³/mol. The smallest absolute Gasteiger partial charge is 0.306 e. The molecule has 0 spiro atoms. The van der Waals surface area contributed by atoms with Gasteiger partial charge in [-0.3, -0.25) is 14.4 Å². The first-order chi connectivity index (χ1) is 9.88. The van der Waals surface area contributed by atoms with Crippen LogP contribution in [0.4, 0.5) is 0 Å². The van der Waals surface area contributed by atoms with E-state index in [-0.39, 0.29) is 23.7 Å². The zero-order valence-electron chi connectivity index (χ0n) is 12.3. The van der Waals surface area contributed by atoms with Gasteiger partial charge in [-0.1, -0.05) is 6.42 Å².